The van der Waals surface area contributed by atoms with Gasteiger partial charge in [0.2, 0.25) is 5.04 Å². The van der Waals surface area contributed by atoms with Crippen LogP contribution in [0.25, 0.3) is 0 Å². The molecule has 2 heteroatoms. The second-order valence-electron chi connectivity index (χ2n) is 2.38. The number of rotatable bonds is 2. The Bertz CT molecular complexity index is 231. The van der Waals surface area contributed by atoms with Crippen molar-refractivity contribution < 1.29 is 5.41 Å². The third-order valence-electron chi connectivity index (χ3n) is 1.31. The molecule has 1 rings (SSSR count). The minimum absolute atomic E-state index is 0.925. The van der Waals surface area contributed by atoms with E-state index in [-0.39, 0.29) is 0 Å². The fourth-order valence-corrected chi connectivity index (χ4v) is 1.36. The minimum Gasteiger partial charge on any atom is -0.253 e. The highest BCUT2D eigenvalue weighted by atomic mass is 32.2. The number of benzene rings is 1. The highest BCUT2D eigenvalue weighted by molar-refractivity contribution is 8.12. The predicted octanol–water partition coefficient (Wildman–Crippen LogP) is 1.10. The summed E-state index contributed by atoms with van der Waals surface area (Å²) in [5.41, 5.74) is 1.32. The van der Waals surface area contributed by atoms with Gasteiger partial charge in [0.1, 0.15) is 0 Å². The van der Waals surface area contributed by atoms with Crippen molar-refractivity contribution in [1.82, 2.24) is 0 Å². The molecule has 0 aliphatic carbocycles. The molecule has 0 aromatic heterocycles. The van der Waals surface area contributed by atoms with E-state index in [9.17, 15) is 0 Å². The molecule has 1 nitrogen and oxygen atoms in total. The molecule has 0 heterocycles. The molecule has 0 bridgehead atoms. The SMILES string of the molecule is CC(=[NH2+])SCc1ccccc1. The summed E-state index contributed by atoms with van der Waals surface area (Å²) in [5.74, 6) is 0.975. The van der Waals surface area contributed by atoms with E-state index in [0.29, 0.717) is 0 Å². The second kappa shape index (κ2) is 4.19. The summed E-state index contributed by atoms with van der Waals surface area (Å²) in [4.78, 5) is 0. The van der Waals surface area contributed by atoms with Gasteiger partial charge in [0, 0.05) is 12.7 Å². The van der Waals surface area contributed by atoms with Crippen LogP contribution in [0.3, 0.4) is 0 Å². The van der Waals surface area contributed by atoms with Crippen LogP contribution >= 0.6 is 11.8 Å². The summed E-state index contributed by atoms with van der Waals surface area (Å²) < 4.78 is 0. The Kier molecular flexibility index (Phi) is 3.17. The zero-order valence-corrected chi connectivity index (χ0v) is 7.40. The quantitative estimate of drug-likeness (QED) is 0.516. The van der Waals surface area contributed by atoms with Gasteiger partial charge in [-0.3, -0.25) is 5.41 Å². The zero-order chi connectivity index (χ0) is 8.10. The van der Waals surface area contributed by atoms with Crippen molar-refractivity contribution in [3.05, 3.63) is 35.9 Å². The van der Waals surface area contributed by atoms with E-state index >= 15 is 0 Å². The highest BCUT2D eigenvalue weighted by Crippen LogP contribution is 2.10. The average molecular weight is 166 g/mol. The molecule has 0 saturated carbocycles. The maximum absolute atomic E-state index is 5.52. The van der Waals surface area contributed by atoms with Gasteiger partial charge in [-0.25, -0.2) is 0 Å². The van der Waals surface area contributed by atoms with Crippen molar-refractivity contribution in [2.24, 2.45) is 0 Å². The van der Waals surface area contributed by atoms with Crippen LogP contribution in [-0.2, 0) is 5.75 Å². The number of hydrogen-bond donors (Lipinski definition) is 1. The Morgan fingerprint density at radius 1 is 1.36 bits per heavy atom. The number of thioether (sulfide) groups is 1. The van der Waals surface area contributed by atoms with Gasteiger partial charge >= 0.3 is 0 Å². The van der Waals surface area contributed by atoms with Crippen molar-refractivity contribution in [3.63, 3.8) is 0 Å². The highest BCUT2D eigenvalue weighted by Gasteiger charge is 1.95. The third kappa shape index (κ3) is 3.23. The first-order chi connectivity index (χ1) is 5.29. The first-order valence-electron chi connectivity index (χ1n) is 3.55. The average Bonchev–Trinajstić information content (AvgIpc) is 2.03. The Morgan fingerprint density at radius 3 is 2.55 bits per heavy atom. The summed E-state index contributed by atoms with van der Waals surface area (Å²) in [6.07, 6.45) is 0. The normalized spacial score (nSPS) is 9.55. The Morgan fingerprint density at radius 2 is 2.00 bits per heavy atom. The van der Waals surface area contributed by atoms with Gasteiger partial charge in [0.25, 0.3) is 0 Å². The molecule has 0 saturated heterocycles. The standard InChI is InChI=1S/C9H11NS/c1-8(10)11-7-9-5-3-2-4-6-9/h2-6,10H,7H2,1H3/p+1. The molecule has 0 spiro atoms. The van der Waals surface area contributed by atoms with Gasteiger partial charge in [0.15, 0.2) is 0 Å². The lowest BCUT2D eigenvalue weighted by molar-refractivity contribution is -0.109. The molecule has 58 valence electrons. The summed E-state index contributed by atoms with van der Waals surface area (Å²) in [6.45, 7) is 1.92. The van der Waals surface area contributed by atoms with Gasteiger partial charge in [-0.2, -0.15) is 0 Å². The molecule has 0 fully saturated rings. The van der Waals surface area contributed by atoms with Crippen LogP contribution in [0.15, 0.2) is 30.3 Å². The van der Waals surface area contributed by atoms with Gasteiger partial charge in [0.05, 0.1) is 0 Å². The largest absolute Gasteiger partial charge is 0.253 e. The van der Waals surface area contributed by atoms with Crippen molar-refractivity contribution in [2.75, 3.05) is 0 Å². The Labute approximate surface area is 71.3 Å². The molecule has 0 aliphatic heterocycles. The summed E-state index contributed by atoms with van der Waals surface area (Å²) in [7, 11) is 0. The topological polar surface area (TPSA) is 25.6 Å². The molecule has 0 radical (unpaired) electrons. The maximum Gasteiger partial charge on any atom is 0.204 e. The molecule has 1 aromatic carbocycles. The fraction of sp³-hybridized carbons (Fsp3) is 0.222. The van der Waals surface area contributed by atoms with Crippen LogP contribution in [0.4, 0.5) is 0 Å². The van der Waals surface area contributed by atoms with Crippen molar-refractivity contribution >= 4 is 16.8 Å². The lowest BCUT2D eigenvalue weighted by Crippen LogP contribution is -2.35. The predicted molar refractivity (Wildman–Crippen MR) is 50.3 cm³/mol. The Hall–Kier alpha value is -0.760. The number of nitrogens with two attached hydrogens (primary N) is 1. The van der Waals surface area contributed by atoms with Crippen molar-refractivity contribution in [2.45, 2.75) is 12.7 Å². The molecule has 0 atom stereocenters. The molecule has 2 N–H and O–H groups in total. The van der Waals surface area contributed by atoms with Crippen LogP contribution in [0.1, 0.15) is 12.5 Å². The van der Waals surface area contributed by atoms with E-state index in [1.165, 1.54) is 5.56 Å². The van der Waals surface area contributed by atoms with Crippen molar-refractivity contribution in [3.8, 4) is 0 Å². The van der Waals surface area contributed by atoms with Crippen molar-refractivity contribution in [1.29, 1.82) is 0 Å². The molecular weight excluding hydrogens is 154 g/mol. The zero-order valence-electron chi connectivity index (χ0n) is 6.58. The molecular formula is C9H12NS+. The molecule has 11 heavy (non-hydrogen) atoms. The molecule has 0 aliphatic rings. The smallest absolute Gasteiger partial charge is 0.204 e. The molecule has 0 amide bonds. The monoisotopic (exact) mass is 166 g/mol. The van der Waals surface area contributed by atoms with Gasteiger partial charge in [-0.15, -0.1) is 0 Å². The van der Waals surface area contributed by atoms with Crippen LogP contribution in [0.2, 0.25) is 0 Å². The van der Waals surface area contributed by atoms with Crippen LogP contribution < -0.4 is 5.41 Å². The van der Waals surface area contributed by atoms with Gasteiger partial charge < -0.3 is 0 Å². The van der Waals surface area contributed by atoms with E-state index in [1.54, 1.807) is 11.8 Å². The van der Waals surface area contributed by atoms with Crippen LogP contribution in [-0.4, -0.2) is 5.04 Å². The van der Waals surface area contributed by atoms with Crippen LogP contribution in [0, 0.1) is 0 Å². The maximum atomic E-state index is 5.52. The third-order valence-corrected chi connectivity index (χ3v) is 2.24. The van der Waals surface area contributed by atoms with Crippen LogP contribution in [0.5, 0.6) is 0 Å². The van der Waals surface area contributed by atoms with Gasteiger partial charge in [-0.1, -0.05) is 42.1 Å². The minimum atomic E-state index is 0.925. The first kappa shape index (κ1) is 8.34. The van der Waals surface area contributed by atoms with E-state index in [0.717, 1.165) is 10.8 Å². The summed E-state index contributed by atoms with van der Waals surface area (Å²) in [6, 6.07) is 10.3. The first-order valence-corrected chi connectivity index (χ1v) is 4.53. The fourth-order valence-electron chi connectivity index (χ4n) is 0.771. The Balaban J connectivity index is 2.45. The van der Waals surface area contributed by atoms with E-state index in [2.05, 4.69) is 12.1 Å². The second-order valence-corrected chi connectivity index (χ2v) is 3.61. The van der Waals surface area contributed by atoms with E-state index in [4.69, 9.17) is 5.41 Å². The lowest BCUT2D eigenvalue weighted by Gasteiger charge is -1.95. The summed E-state index contributed by atoms with van der Waals surface area (Å²) in [5, 5.41) is 6.44. The summed E-state index contributed by atoms with van der Waals surface area (Å²) >= 11 is 1.68. The van der Waals surface area contributed by atoms with E-state index in [1.807, 2.05) is 25.1 Å². The van der Waals surface area contributed by atoms with E-state index < -0.39 is 0 Å². The molecule has 0 unspecified atom stereocenters. The number of hydrogen-bond acceptors (Lipinski definition) is 1. The molecule has 1 aromatic rings. The van der Waals surface area contributed by atoms with Gasteiger partial charge in [-0.05, 0) is 5.56 Å². The lowest BCUT2D eigenvalue weighted by atomic mass is 10.2.